The molecule has 1 aliphatic rings. The van der Waals surface area contributed by atoms with E-state index in [0.717, 1.165) is 13.3 Å². The van der Waals surface area contributed by atoms with Crippen LogP contribution in [0.4, 0.5) is 0 Å². The molecule has 11 heteroatoms. The number of ether oxygens (including phenoxy) is 2. The number of nitrogens with one attached hydrogen (secondary N) is 1. The first-order valence-electron chi connectivity index (χ1n) is 6.55. The second kappa shape index (κ2) is 6.60. The van der Waals surface area contributed by atoms with Crippen molar-refractivity contribution in [2.45, 2.75) is 30.6 Å². The third kappa shape index (κ3) is 3.04. The summed E-state index contributed by atoms with van der Waals surface area (Å²) >= 11 is 0. The first-order valence-corrected chi connectivity index (χ1v) is 6.55. The first kappa shape index (κ1) is 17.3. The van der Waals surface area contributed by atoms with Gasteiger partial charge in [-0.05, 0) is 0 Å². The maximum absolute atomic E-state index is 11.9. The summed E-state index contributed by atoms with van der Waals surface area (Å²) in [6.45, 7) is -0.607. The van der Waals surface area contributed by atoms with E-state index in [9.17, 15) is 29.7 Å². The van der Waals surface area contributed by atoms with Gasteiger partial charge in [0.2, 0.25) is 0 Å². The lowest BCUT2D eigenvalue weighted by atomic mass is 10.1. The molecule has 1 fully saturated rings. The topological polar surface area (TPSA) is 171 Å². The molecule has 0 aromatic carbocycles. The van der Waals surface area contributed by atoms with Crippen LogP contribution in [0.3, 0.4) is 0 Å². The molecule has 5 atom stereocenters. The molecule has 23 heavy (non-hydrogen) atoms. The highest BCUT2D eigenvalue weighted by atomic mass is 16.6. The fraction of sp³-hybridized carbons (Fsp3) is 0.583. The SMILES string of the molecule is COC(=O)[C@@H](O)c1cn([C@@H]2O[C@H](CO)C(O)[C@@H]2O)c(=O)[nH]c1=O. The van der Waals surface area contributed by atoms with E-state index in [2.05, 4.69) is 4.74 Å². The van der Waals surface area contributed by atoms with E-state index in [-0.39, 0.29) is 0 Å². The summed E-state index contributed by atoms with van der Waals surface area (Å²) in [5.41, 5.74) is -2.52. The highest BCUT2D eigenvalue weighted by Gasteiger charge is 2.44. The fourth-order valence-electron chi connectivity index (χ4n) is 2.23. The Kier molecular flexibility index (Phi) is 4.97. The highest BCUT2D eigenvalue weighted by Crippen LogP contribution is 2.28. The van der Waals surface area contributed by atoms with Crippen LogP contribution < -0.4 is 11.2 Å². The van der Waals surface area contributed by atoms with Crippen molar-refractivity contribution >= 4 is 5.97 Å². The zero-order chi connectivity index (χ0) is 17.3. The quantitative estimate of drug-likeness (QED) is 0.349. The molecule has 0 bridgehead atoms. The molecule has 1 unspecified atom stereocenters. The van der Waals surface area contributed by atoms with Crippen LogP contribution in [0.2, 0.25) is 0 Å². The van der Waals surface area contributed by atoms with E-state index < -0.39 is 60.0 Å². The van der Waals surface area contributed by atoms with Crippen LogP contribution in [0.1, 0.15) is 17.9 Å². The molecule has 1 aromatic heterocycles. The van der Waals surface area contributed by atoms with Crippen LogP contribution >= 0.6 is 0 Å². The molecule has 1 saturated heterocycles. The van der Waals surface area contributed by atoms with E-state index in [1.54, 1.807) is 0 Å². The predicted molar refractivity (Wildman–Crippen MR) is 71.3 cm³/mol. The first-order chi connectivity index (χ1) is 10.8. The zero-order valence-corrected chi connectivity index (χ0v) is 11.9. The Hall–Kier alpha value is -2.05. The van der Waals surface area contributed by atoms with Gasteiger partial charge in [-0.2, -0.15) is 0 Å². The number of carbonyl (C=O) groups excluding carboxylic acids is 1. The average Bonchev–Trinajstić information content (AvgIpc) is 2.81. The van der Waals surface area contributed by atoms with Gasteiger partial charge >= 0.3 is 11.7 Å². The van der Waals surface area contributed by atoms with E-state index in [0.29, 0.717) is 4.57 Å². The van der Waals surface area contributed by atoms with Crippen molar-refractivity contribution in [1.29, 1.82) is 0 Å². The van der Waals surface area contributed by atoms with Gasteiger partial charge in [0.1, 0.15) is 18.3 Å². The predicted octanol–water partition coefficient (Wildman–Crippen LogP) is -3.65. The monoisotopic (exact) mass is 332 g/mol. The Morgan fingerprint density at radius 1 is 1.43 bits per heavy atom. The molecule has 2 rings (SSSR count). The Morgan fingerprint density at radius 2 is 2.09 bits per heavy atom. The van der Waals surface area contributed by atoms with Crippen LogP contribution in [0.5, 0.6) is 0 Å². The lowest BCUT2D eigenvalue weighted by Gasteiger charge is -2.18. The maximum atomic E-state index is 11.9. The van der Waals surface area contributed by atoms with Gasteiger partial charge in [-0.1, -0.05) is 0 Å². The van der Waals surface area contributed by atoms with Crippen molar-refractivity contribution in [2.24, 2.45) is 0 Å². The molecule has 0 radical (unpaired) electrons. The van der Waals surface area contributed by atoms with Crippen molar-refractivity contribution in [2.75, 3.05) is 13.7 Å². The van der Waals surface area contributed by atoms with E-state index in [4.69, 9.17) is 9.84 Å². The minimum Gasteiger partial charge on any atom is -0.467 e. The zero-order valence-electron chi connectivity index (χ0n) is 11.9. The van der Waals surface area contributed by atoms with Crippen molar-refractivity contribution < 1.29 is 34.7 Å². The Morgan fingerprint density at radius 3 is 2.61 bits per heavy atom. The minimum absolute atomic E-state index is 0.505. The summed E-state index contributed by atoms with van der Waals surface area (Å²) in [5.74, 6) is -1.12. The molecular formula is C12H16N2O9. The van der Waals surface area contributed by atoms with Gasteiger partial charge in [0.15, 0.2) is 12.3 Å². The van der Waals surface area contributed by atoms with Gasteiger partial charge in [-0.25, -0.2) is 9.59 Å². The normalized spacial score (nSPS) is 28.6. The number of esters is 1. The van der Waals surface area contributed by atoms with E-state index in [1.165, 1.54) is 0 Å². The molecule has 128 valence electrons. The summed E-state index contributed by atoms with van der Waals surface area (Å²) < 4.78 is 10.2. The summed E-state index contributed by atoms with van der Waals surface area (Å²) in [5, 5.41) is 38.4. The van der Waals surface area contributed by atoms with Crippen molar-refractivity contribution in [3.63, 3.8) is 0 Å². The standard InChI is InChI=1S/C12H16N2O9/c1-22-11(20)6(16)4-2-14(12(21)13-9(4)19)10-8(18)7(17)5(3-15)23-10/h2,5-8,10,15-18H,3H2,1H3,(H,13,19,21)/t5-,6+,7?,8+,10-/m1/s1. The number of aromatic amines is 1. The number of carbonyl (C=O) groups is 1. The van der Waals surface area contributed by atoms with Crippen LogP contribution in [0.25, 0.3) is 0 Å². The number of rotatable bonds is 4. The second-order valence-corrected chi connectivity index (χ2v) is 4.91. The average molecular weight is 332 g/mol. The molecule has 0 saturated carbocycles. The van der Waals surface area contributed by atoms with Crippen LogP contribution in [-0.4, -0.2) is 68.0 Å². The molecule has 0 amide bonds. The lowest BCUT2D eigenvalue weighted by Crippen LogP contribution is -2.39. The lowest BCUT2D eigenvalue weighted by molar-refractivity contribution is -0.150. The van der Waals surface area contributed by atoms with Gasteiger partial charge in [-0.15, -0.1) is 0 Å². The fourth-order valence-corrected chi connectivity index (χ4v) is 2.23. The molecule has 0 aliphatic carbocycles. The Labute approximate surface area is 128 Å². The summed E-state index contributed by atoms with van der Waals surface area (Å²) in [6.07, 6.45) is -6.72. The number of hydrogen-bond acceptors (Lipinski definition) is 9. The number of methoxy groups -OCH3 is 1. The molecular weight excluding hydrogens is 316 g/mol. The number of aromatic nitrogens is 2. The van der Waals surface area contributed by atoms with Crippen molar-refractivity contribution in [3.8, 4) is 0 Å². The van der Waals surface area contributed by atoms with E-state index >= 15 is 0 Å². The summed E-state index contributed by atoms with van der Waals surface area (Å²) in [7, 11) is 1.00. The summed E-state index contributed by atoms with van der Waals surface area (Å²) in [4.78, 5) is 36.8. The third-order valence-corrected chi connectivity index (χ3v) is 3.51. The van der Waals surface area contributed by atoms with Crippen LogP contribution in [0, 0.1) is 0 Å². The van der Waals surface area contributed by atoms with E-state index in [1.807, 2.05) is 4.98 Å². The molecule has 0 spiro atoms. The largest absolute Gasteiger partial charge is 0.467 e. The Balaban J connectivity index is 2.46. The summed E-state index contributed by atoms with van der Waals surface area (Å²) in [6, 6.07) is 0. The highest BCUT2D eigenvalue weighted by molar-refractivity contribution is 5.75. The van der Waals surface area contributed by atoms with Crippen LogP contribution in [0.15, 0.2) is 15.8 Å². The molecule has 1 aromatic rings. The molecule has 5 N–H and O–H groups in total. The molecule has 2 heterocycles. The number of aliphatic hydroxyl groups excluding tert-OH is 4. The van der Waals surface area contributed by atoms with Gasteiger partial charge in [0, 0.05) is 6.20 Å². The number of H-pyrrole nitrogens is 1. The van der Waals surface area contributed by atoms with Gasteiger partial charge in [-0.3, -0.25) is 14.3 Å². The Bertz CT molecular complexity index is 697. The molecule has 11 nitrogen and oxygen atoms in total. The number of nitrogens with zero attached hydrogens (tertiary/aromatic N) is 1. The van der Waals surface area contributed by atoms with Gasteiger partial charge in [0.25, 0.3) is 5.56 Å². The van der Waals surface area contributed by atoms with Gasteiger partial charge in [0.05, 0.1) is 19.3 Å². The molecule has 1 aliphatic heterocycles. The van der Waals surface area contributed by atoms with Crippen molar-refractivity contribution in [1.82, 2.24) is 9.55 Å². The smallest absolute Gasteiger partial charge is 0.339 e. The van der Waals surface area contributed by atoms with Crippen LogP contribution in [-0.2, 0) is 14.3 Å². The third-order valence-electron chi connectivity index (χ3n) is 3.51. The maximum Gasteiger partial charge on any atom is 0.339 e. The number of aliphatic hydroxyl groups is 4. The number of hydrogen-bond donors (Lipinski definition) is 5. The van der Waals surface area contributed by atoms with Crippen molar-refractivity contribution in [3.05, 3.63) is 32.6 Å². The van der Waals surface area contributed by atoms with Gasteiger partial charge < -0.3 is 29.9 Å². The minimum atomic E-state index is -1.95. The second-order valence-electron chi connectivity index (χ2n) is 4.91.